The maximum atomic E-state index is 12.1. The molecule has 156 valence electrons. The molecule has 0 aliphatic carbocycles. The van der Waals surface area contributed by atoms with Crippen molar-refractivity contribution in [2.24, 2.45) is 0 Å². The van der Waals surface area contributed by atoms with E-state index in [0.717, 1.165) is 42.0 Å². The van der Waals surface area contributed by atoms with Crippen molar-refractivity contribution >= 4 is 5.97 Å². The van der Waals surface area contributed by atoms with Crippen molar-refractivity contribution in [3.63, 3.8) is 0 Å². The molecule has 1 fully saturated rings. The fraction of sp³-hybridized carbons (Fsp3) is 0.458. The molecule has 1 heterocycles. The molecule has 2 unspecified atom stereocenters. The van der Waals surface area contributed by atoms with Crippen LogP contribution in [0.15, 0.2) is 42.5 Å². The summed E-state index contributed by atoms with van der Waals surface area (Å²) in [6, 6.07) is 13.5. The number of carboxylic acids is 1. The fourth-order valence-corrected chi connectivity index (χ4v) is 4.19. The molecule has 1 saturated heterocycles. The van der Waals surface area contributed by atoms with Gasteiger partial charge >= 0.3 is 5.97 Å². The van der Waals surface area contributed by atoms with Gasteiger partial charge in [-0.25, -0.2) is 0 Å². The number of piperidine rings is 1. The third-order valence-corrected chi connectivity index (χ3v) is 5.81. The van der Waals surface area contributed by atoms with E-state index in [-0.39, 0.29) is 6.04 Å². The van der Waals surface area contributed by atoms with Gasteiger partial charge in [-0.1, -0.05) is 44.5 Å². The Kier molecular flexibility index (Phi) is 6.80. The third kappa shape index (κ3) is 4.56. The van der Waals surface area contributed by atoms with Crippen LogP contribution in [0.25, 0.3) is 0 Å². The van der Waals surface area contributed by atoms with E-state index in [4.69, 9.17) is 9.47 Å². The van der Waals surface area contributed by atoms with E-state index >= 15 is 0 Å². The number of nitrogens with zero attached hydrogens (tertiary/aromatic N) is 1. The standard InChI is InChI=1S/C24H31NO4/c1-16(2)17-8-10-18(11-9-17)23(25-14-6-5-7-21(25)24(26)27)20-15-19(28-3)12-13-22(20)29-4/h8-13,15-16,21,23H,5-7,14H2,1-4H3,(H,26,27). The molecule has 0 spiro atoms. The largest absolute Gasteiger partial charge is 0.497 e. The topological polar surface area (TPSA) is 59.0 Å². The van der Waals surface area contributed by atoms with E-state index in [2.05, 4.69) is 43.0 Å². The second-order valence-corrected chi connectivity index (χ2v) is 7.92. The number of benzene rings is 2. The van der Waals surface area contributed by atoms with Gasteiger partial charge in [0, 0.05) is 5.56 Å². The van der Waals surface area contributed by atoms with E-state index in [9.17, 15) is 9.90 Å². The van der Waals surface area contributed by atoms with Crippen LogP contribution in [-0.4, -0.2) is 42.8 Å². The van der Waals surface area contributed by atoms with E-state index in [0.29, 0.717) is 12.3 Å². The molecule has 0 aromatic heterocycles. The average molecular weight is 398 g/mol. The molecular formula is C24H31NO4. The lowest BCUT2D eigenvalue weighted by atomic mass is 9.90. The van der Waals surface area contributed by atoms with E-state index in [1.54, 1.807) is 14.2 Å². The van der Waals surface area contributed by atoms with E-state index < -0.39 is 12.0 Å². The molecule has 0 saturated carbocycles. The average Bonchev–Trinajstić information content (AvgIpc) is 2.74. The molecular weight excluding hydrogens is 366 g/mol. The molecule has 1 N–H and O–H groups in total. The predicted molar refractivity (Wildman–Crippen MR) is 114 cm³/mol. The van der Waals surface area contributed by atoms with Crippen molar-refractivity contribution in [3.05, 3.63) is 59.2 Å². The minimum Gasteiger partial charge on any atom is -0.497 e. The SMILES string of the molecule is COc1ccc(OC)c(C(c2ccc(C(C)C)cc2)N2CCCCC2C(=O)O)c1. The van der Waals surface area contributed by atoms with Crippen molar-refractivity contribution in [3.8, 4) is 11.5 Å². The highest BCUT2D eigenvalue weighted by Gasteiger charge is 2.36. The number of carboxylic acid groups (broad SMARTS) is 1. The van der Waals surface area contributed by atoms with Gasteiger partial charge in [-0.15, -0.1) is 0 Å². The highest BCUT2D eigenvalue weighted by molar-refractivity contribution is 5.74. The normalized spacial score (nSPS) is 18.4. The molecule has 29 heavy (non-hydrogen) atoms. The smallest absolute Gasteiger partial charge is 0.320 e. The molecule has 1 aliphatic heterocycles. The van der Waals surface area contributed by atoms with Gasteiger partial charge in [0.15, 0.2) is 0 Å². The minimum absolute atomic E-state index is 0.220. The Hall–Kier alpha value is -2.53. The second-order valence-electron chi connectivity index (χ2n) is 7.92. The zero-order valence-electron chi connectivity index (χ0n) is 17.7. The summed E-state index contributed by atoms with van der Waals surface area (Å²) < 4.78 is 11.1. The first kappa shape index (κ1) is 21.2. The Labute approximate surface area is 173 Å². The zero-order valence-corrected chi connectivity index (χ0v) is 17.7. The van der Waals surface area contributed by atoms with Crippen LogP contribution in [0.3, 0.4) is 0 Å². The Morgan fingerprint density at radius 2 is 1.72 bits per heavy atom. The van der Waals surface area contributed by atoms with Crippen LogP contribution in [-0.2, 0) is 4.79 Å². The van der Waals surface area contributed by atoms with Crippen molar-refractivity contribution in [2.75, 3.05) is 20.8 Å². The molecule has 1 aliphatic rings. The molecule has 0 bridgehead atoms. The Morgan fingerprint density at radius 1 is 1.03 bits per heavy atom. The van der Waals surface area contributed by atoms with Crippen molar-refractivity contribution < 1.29 is 19.4 Å². The van der Waals surface area contributed by atoms with Gasteiger partial charge < -0.3 is 14.6 Å². The zero-order chi connectivity index (χ0) is 21.0. The third-order valence-electron chi connectivity index (χ3n) is 5.81. The van der Waals surface area contributed by atoms with Crippen LogP contribution in [0.5, 0.6) is 11.5 Å². The van der Waals surface area contributed by atoms with Crippen LogP contribution in [0.4, 0.5) is 0 Å². The van der Waals surface area contributed by atoms with E-state index in [1.165, 1.54) is 5.56 Å². The monoisotopic (exact) mass is 397 g/mol. The van der Waals surface area contributed by atoms with Crippen LogP contribution in [0.2, 0.25) is 0 Å². The number of methoxy groups -OCH3 is 2. The quantitative estimate of drug-likeness (QED) is 0.723. The number of aliphatic carboxylic acids is 1. The van der Waals surface area contributed by atoms with Crippen LogP contribution >= 0.6 is 0 Å². The number of carbonyl (C=O) groups is 1. The first-order chi connectivity index (χ1) is 14.0. The summed E-state index contributed by atoms with van der Waals surface area (Å²) in [7, 11) is 3.29. The molecule has 0 radical (unpaired) electrons. The summed E-state index contributed by atoms with van der Waals surface area (Å²) in [5.41, 5.74) is 3.25. The summed E-state index contributed by atoms with van der Waals surface area (Å²) in [4.78, 5) is 14.2. The Morgan fingerprint density at radius 3 is 2.31 bits per heavy atom. The summed E-state index contributed by atoms with van der Waals surface area (Å²) >= 11 is 0. The molecule has 2 atom stereocenters. The van der Waals surface area contributed by atoms with Crippen molar-refractivity contribution in [2.45, 2.75) is 51.1 Å². The van der Waals surface area contributed by atoms with Crippen LogP contribution in [0.1, 0.15) is 61.8 Å². The summed E-state index contributed by atoms with van der Waals surface area (Å²) in [5, 5.41) is 9.90. The Balaban J connectivity index is 2.15. The Bertz CT molecular complexity index is 831. The summed E-state index contributed by atoms with van der Waals surface area (Å²) in [6.07, 6.45) is 2.57. The lowest BCUT2D eigenvalue weighted by Crippen LogP contribution is -2.46. The highest BCUT2D eigenvalue weighted by atomic mass is 16.5. The first-order valence-electron chi connectivity index (χ1n) is 10.3. The number of hydrogen-bond donors (Lipinski definition) is 1. The second kappa shape index (κ2) is 9.31. The maximum absolute atomic E-state index is 12.1. The molecule has 0 amide bonds. The minimum atomic E-state index is -0.768. The molecule has 5 heteroatoms. The van der Waals surface area contributed by atoms with E-state index in [1.807, 2.05) is 18.2 Å². The van der Waals surface area contributed by atoms with Gasteiger partial charge in [-0.05, 0) is 54.6 Å². The van der Waals surface area contributed by atoms with Gasteiger partial charge in [0.1, 0.15) is 17.5 Å². The maximum Gasteiger partial charge on any atom is 0.320 e. The summed E-state index contributed by atoms with van der Waals surface area (Å²) in [6.45, 7) is 5.07. The number of rotatable bonds is 7. The van der Waals surface area contributed by atoms with Gasteiger partial charge in [0.05, 0.1) is 20.3 Å². The first-order valence-corrected chi connectivity index (χ1v) is 10.3. The molecule has 5 nitrogen and oxygen atoms in total. The number of ether oxygens (including phenoxy) is 2. The lowest BCUT2D eigenvalue weighted by Gasteiger charge is -2.40. The van der Waals surface area contributed by atoms with Crippen LogP contribution in [0, 0.1) is 0 Å². The molecule has 3 rings (SSSR count). The lowest BCUT2D eigenvalue weighted by molar-refractivity contribution is -0.145. The highest BCUT2D eigenvalue weighted by Crippen LogP contribution is 2.40. The van der Waals surface area contributed by atoms with Gasteiger partial charge in [-0.3, -0.25) is 9.69 Å². The van der Waals surface area contributed by atoms with Gasteiger partial charge in [0.2, 0.25) is 0 Å². The number of likely N-dealkylation sites (tertiary alicyclic amines) is 1. The van der Waals surface area contributed by atoms with Gasteiger partial charge in [0.25, 0.3) is 0 Å². The van der Waals surface area contributed by atoms with Gasteiger partial charge in [-0.2, -0.15) is 0 Å². The van der Waals surface area contributed by atoms with Crippen LogP contribution < -0.4 is 9.47 Å². The molecule has 2 aromatic rings. The predicted octanol–water partition coefficient (Wildman–Crippen LogP) is 4.86. The fourth-order valence-electron chi connectivity index (χ4n) is 4.19. The van der Waals surface area contributed by atoms with Crippen molar-refractivity contribution in [1.29, 1.82) is 0 Å². The summed E-state index contributed by atoms with van der Waals surface area (Å²) in [5.74, 6) is 1.14. The molecule has 2 aromatic carbocycles. The van der Waals surface area contributed by atoms with Crippen molar-refractivity contribution in [1.82, 2.24) is 4.90 Å². The number of hydrogen-bond acceptors (Lipinski definition) is 4.